The number of anilines is 1. The normalized spacial score (nSPS) is 15.8. The summed E-state index contributed by atoms with van der Waals surface area (Å²) in [5.41, 5.74) is 3.65. The number of nitro groups is 1. The van der Waals surface area contributed by atoms with Crippen LogP contribution in [0.3, 0.4) is 0 Å². The Balaban J connectivity index is 1.76. The molecule has 2 N–H and O–H groups in total. The van der Waals surface area contributed by atoms with Crippen LogP contribution in [0.1, 0.15) is 29.0 Å². The minimum atomic E-state index is -0.524. The molecule has 0 saturated carbocycles. The number of carbonyl (C=O) groups is 2. The number of hydrogen-bond donors (Lipinski definition) is 2. The third-order valence-electron chi connectivity index (χ3n) is 4.87. The fraction of sp³-hybridized carbons (Fsp3) is 0.227. The first-order valence-corrected chi connectivity index (χ1v) is 10.5. The van der Waals surface area contributed by atoms with Crippen molar-refractivity contribution < 1.29 is 14.5 Å². The first-order valence-electron chi connectivity index (χ1n) is 9.47. The highest BCUT2D eigenvalue weighted by atomic mass is 32.2. The molecule has 31 heavy (non-hydrogen) atoms. The van der Waals surface area contributed by atoms with Crippen LogP contribution in [0.2, 0.25) is 0 Å². The summed E-state index contributed by atoms with van der Waals surface area (Å²) in [6.45, 7) is 3.87. The Labute approximate surface area is 183 Å². The van der Waals surface area contributed by atoms with E-state index in [2.05, 4.69) is 16.7 Å². The molecule has 2 aromatic rings. The molecule has 8 nitrogen and oxygen atoms in total. The molecule has 0 bridgehead atoms. The average molecular weight is 436 g/mol. The second-order valence-corrected chi connectivity index (χ2v) is 8.15. The van der Waals surface area contributed by atoms with Crippen LogP contribution < -0.4 is 10.6 Å². The van der Waals surface area contributed by atoms with Gasteiger partial charge in [0.25, 0.3) is 5.69 Å². The Morgan fingerprint density at radius 2 is 2.00 bits per heavy atom. The number of benzene rings is 2. The molecule has 3 rings (SSSR count). The highest BCUT2D eigenvalue weighted by Gasteiger charge is 2.30. The van der Waals surface area contributed by atoms with Gasteiger partial charge in [-0.2, -0.15) is 5.26 Å². The van der Waals surface area contributed by atoms with Gasteiger partial charge in [-0.05, 0) is 31.0 Å². The van der Waals surface area contributed by atoms with E-state index in [1.54, 1.807) is 12.1 Å². The summed E-state index contributed by atoms with van der Waals surface area (Å²) < 4.78 is 0. The maximum atomic E-state index is 12.4. The molecule has 0 fully saturated rings. The smallest absolute Gasteiger partial charge is 0.269 e. The van der Waals surface area contributed by atoms with Crippen LogP contribution in [0.5, 0.6) is 0 Å². The first-order chi connectivity index (χ1) is 14.8. The van der Waals surface area contributed by atoms with Crippen molar-refractivity contribution in [2.24, 2.45) is 0 Å². The van der Waals surface area contributed by atoms with Crippen molar-refractivity contribution in [1.29, 1.82) is 5.26 Å². The fourth-order valence-corrected chi connectivity index (χ4v) is 4.20. The van der Waals surface area contributed by atoms with Crippen LogP contribution in [0.4, 0.5) is 11.4 Å². The third kappa shape index (κ3) is 5.29. The number of nitriles is 1. The lowest BCUT2D eigenvalue weighted by atomic mass is 9.87. The lowest BCUT2D eigenvalue weighted by Crippen LogP contribution is -2.31. The van der Waals surface area contributed by atoms with Gasteiger partial charge in [0.05, 0.1) is 27.3 Å². The van der Waals surface area contributed by atoms with Gasteiger partial charge in [-0.1, -0.05) is 41.6 Å². The SMILES string of the molecule is Cc1ccc(NC(=O)CSC2=C(C#N)C(c3ccc([N+](=O)[O-])cc3)CC(=O)N2)c(C)c1. The Bertz CT molecular complexity index is 1120. The maximum absolute atomic E-state index is 12.4. The topological polar surface area (TPSA) is 125 Å². The molecular weight excluding hydrogens is 416 g/mol. The van der Waals surface area contributed by atoms with Gasteiger partial charge < -0.3 is 10.6 Å². The van der Waals surface area contributed by atoms with Crippen molar-refractivity contribution in [1.82, 2.24) is 5.32 Å². The monoisotopic (exact) mass is 436 g/mol. The van der Waals surface area contributed by atoms with Crippen molar-refractivity contribution in [3.63, 3.8) is 0 Å². The maximum Gasteiger partial charge on any atom is 0.269 e. The zero-order chi connectivity index (χ0) is 22.5. The van der Waals surface area contributed by atoms with E-state index < -0.39 is 10.8 Å². The Morgan fingerprint density at radius 3 is 2.61 bits per heavy atom. The van der Waals surface area contributed by atoms with Gasteiger partial charge in [0, 0.05) is 30.2 Å². The summed E-state index contributed by atoms with van der Waals surface area (Å²) in [6.07, 6.45) is 0.0551. The molecule has 1 unspecified atom stereocenters. The van der Waals surface area contributed by atoms with Crippen molar-refractivity contribution in [3.8, 4) is 6.07 Å². The van der Waals surface area contributed by atoms with E-state index in [-0.39, 0.29) is 29.7 Å². The van der Waals surface area contributed by atoms with Gasteiger partial charge in [-0.15, -0.1) is 0 Å². The molecule has 0 saturated heterocycles. The lowest BCUT2D eigenvalue weighted by Gasteiger charge is -2.25. The number of nitrogens with one attached hydrogen (secondary N) is 2. The standard InChI is InChI=1S/C22H20N4O4S/c1-13-3-8-19(14(2)9-13)24-21(28)12-31-22-18(11-23)17(10-20(27)25-22)15-4-6-16(7-5-15)26(29)30/h3-9,17H,10,12H2,1-2H3,(H,24,28)(H,25,27). The van der Waals surface area contributed by atoms with E-state index in [0.717, 1.165) is 22.9 Å². The Kier molecular flexibility index (Phi) is 6.72. The molecule has 0 aromatic heterocycles. The first kappa shape index (κ1) is 22.1. The lowest BCUT2D eigenvalue weighted by molar-refractivity contribution is -0.384. The second-order valence-electron chi connectivity index (χ2n) is 7.16. The van der Waals surface area contributed by atoms with Crippen LogP contribution >= 0.6 is 11.8 Å². The highest BCUT2D eigenvalue weighted by Crippen LogP contribution is 2.36. The fourth-order valence-electron chi connectivity index (χ4n) is 3.32. The van der Waals surface area contributed by atoms with Crippen molar-refractivity contribution in [2.75, 3.05) is 11.1 Å². The van der Waals surface area contributed by atoms with Gasteiger partial charge in [-0.3, -0.25) is 19.7 Å². The van der Waals surface area contributed by atoms with E-state index in [0.29, 0.717) is 21.9 Å². The predicted octanol–water partition coefficient (Wildman–Crippen LogP) is 3.92. The summed E-state index contributed by atoms with van der Waals surface area (Å²) in [5.74, 6) is -1.04. The van der Waals surface area contributed by atoms with E-state index in [1.165, 1.54) is 12.1 Å². The van der Waals surface area contributed by atoms with Crippen molar-refractivity contribution >= 4 is 35.0 Å². The number of thioether (sulfide) groups is 1. The molecule has 9 heteroatoms. The minimum Gasteiger partial charge on any atom is -0.325 e. The van der Waals surface area contributed by atoms with Crippen molar-refractivity contribution in [3.05, 3.63) is 79.9 Å². The summed E-state index contributed by atoms with van der Waals surface area (Å²) in [5, 5.41) is 26.4. The number of carbonyl (C=O) groups excluding carboxylic acids is 2. The summed E-state index contributed by atoms with van der Waals surface area (Å²) in [4.78, 5) is 35.0. The zero-order valence-corrected chi connectivity index (χ0v) is 17.8. The molecule has 0 radical (unpaired) electrons. The quantitative estimate of drug-likeness (QED) is 0.522. The summed E-state index contributed by atoms with van der Waals surface area (Å²) in [6, 6.07) is 13.6. The highest BCUT2D eigenvalue weighted by molar-refractivity contribution is 8.03. The van der Waals surface area contributed by atoms with Crippen LogP contribution in [-0.4, -0.2) is 22.5 Å². The number of hydrogen-bond acceptors (Lipinski definition) is 6. The van der Waals surface area contributed by atoms with E-state index in [1.807, 2.05) is 32.0 Å². The predicted molar refractivity (Wildman–Crippen MR) is 118 cm³/mol. The summed E-state index contributed by atoms with van der Waals surface area (Å²) in [7, 11) is 0. The number of rotatable bonds is 6. The Morgan fingerprint density at radius 1 is 1.29 bits per heavy atom. The molecule has 1 atom stereocenters. The number of nitro benzene ring substituents is 1. The van der Waals surface area contributed by atoms with Crippen LogP contribution in [0.15, 0.2) is 53.1 Å². The molecule has 0 aliphatic carbocycles. The number of non-ortho nitro benzene ring substituents is 1. The van der Waals surface area contributed by atoms with Crippen LogP contribution in [0.25, 0.3) is 0 Å². The van der Waals surface area contributed by atoms with Crippen molar-refractivity contribution in [2.45, 2.75) is 26.2 Å². The van der Waals surface area contributed by atoms with Gasteiger partial charge >= 0.3 is 0 Å². The third-order valence-corrected chi connectivity index (χ3v) is 5.88. The molecule has 158 valence electrons. The molecule has 1 aliphatic rings. The number of allylic oxidation sites excluding steroid dienone is 1. The average Bonchev–Trinajstić information content (AvgIpc) is 2.74. The second kappa shape index (κ2) is 9.45. The largest absolute Gasteiger partial charge is 0.325 e. The molecule has 1 aliphatic heterocycles. The minimum absolute atomic E-state index is 0.0150. The molecule has 2 amide bonds. The van der Waals surface area contributed by atoms with E-state index in [4.69, 9.17) is 0 Å². The van der Waals surface area contributed by atoms with E-state index in [9.17, 15) is 25.0 Å². The summed E-state index contributed by atoms with van der Waals surface area (Å²) >= 11 is 1.08. The zero-order valence-electron chi connectivity index (χ0n) is 17.0. The van der Waals surface area contributed by atoms with Crippen LogP contribution in [0, 0.1) is 35.3 Å². The molecule has 0 spiro atoms. The van der Waals surface area contributed by atoms with E-state index >= 15 is 0 Å². The van der Waals surface area contributed by atoms with Gasteiger partial charge in [0.1, 0.15) is 0 Å². The van der Waals surface area contributed by atoms with Gasteiger partial charge in [0.15, 0.2) is 0 Å². The molecular formula is C22H20N4O4S. The molecule has 2 aromatic carbocycles. The van der Waals surface area contributed by atoms with Gasteiger partial charge in [-0.25, -0.2) is 0 Å². The van der Waals surface area contributed by atoms with Gasteiger partial charge in [0.2, 0.25) is 11.8 Å². The Hall–Kier alpha value is -3.64. The number of amides is 2. The number of aryl methyl sites for hydroxylation is 2. The number of nitrogens with zero attached hydrogens (tertiary/aromatic N) is 2. The molecule has 1 heterocycles. The van der Waals surface area contributed by atoms with Crippen LogP contribution in [-0.2, 0) is 9.59 Å².